The fourth-order valence-electron chi connectivity index (χ4n) is 4.07. The Balaban J connectivity index is 1.59. The molecule has 0 radical (unpaired) electrons. The standard InChI is InChI=1S/C20H29F3N4O/c1-19(2,24)18(28)27-8-4-7-17(14-27)26-11-9-25(10-12-26)16-6-3-5-15(13-16)20(21,22)23/h3,5-6,13,17H,4,7-12,14,24H2,1-2H3/t17-/m1/s1. The maximum Gasteiger partial charge on any atom is 0.416 e. The first-order valence-electron chi connectivity index (χ1n) is 9.80. The molecule has 2 N–H and O–H groups in total. The molecular formula is C20H29F3N4O. The van der Waals surface area contributed by atoms with E-state index in [9.17, 15) is 18.0 Å². The van der Waals surface area contributed by atoms with Crippen LogP contribution in [0.1, 0.15) is 32.3 Å². The van der Waals surface area contributed by atoms with Crippen LogP contribution >= 0.6 is 0 Å². The van der Waals surface area contributed by atoms with Gasteiger partial charge in [0.2, 0.25) is 5.91 Å². The van der Waals surface area contributed by atoms with Crippen molar-refractivity contribution in [2.45, 2.75) is 44.4 Å². The number of rotatable bonds is 3. The van der Waals surface area contributed by atoms with Crippen molar-refractivity contribution in [1.29, 1.82) is 0 Å². The van der Waals surface area contributed by atoms with Crippen LogP contribution in [-0.4, -0.2) is 66.6 Å². The highest BCUT2D eigenvalue weighted by molar-refractivity contribution is 5.85. The van der Waals surface area contributed by atoms with Crippen LogP contribution in [0.4, 0.5) is 18.9 Å². The van der Waals surface area contributed by atoms with Gasteiger partial charge in [-0.1, -0.05) is 6.07 Å². The van der Waals surface area contributed by atoms with Gasteiger partial charge >= 0.3 is 6.18 Å². The van der Waals surface area contributed by atoms with Gasteiger partial charge in [-0.15, -0.1) is 0 Å². The van der Waals surface area contributed by atoms with E-state index in [4.69, 9.17) is 5.73 Å². The summed E-state index contributed by atoms with van der Waals surface area (Å²) in [5.41, 5.74) is 5.09. The molecule has 8 heteroatoms. The average Bonchev–Trinajstić information content (AvgIpc) is 2.66. The first kappa shape index (κ1) is 20.9. The van der Waals surface area contributed by atoms with E-state index in [0.29, 0.717) is 25.3 Å². The molecule has 0 aromatic heterocycles. The average molecular weight is 398 g/mol. The molecule has 2 aliphatic heterocycles. The van der Waals surface area contributed by atoms with Gasteiger partial charge in [-0.05, 0) is 44.9 Å². The molecule has 1 aromatic rings. The van der Waals surface area contributed by atoms with Gasteiger partial charge in [0.1, 0.15) is 0 Å². The minimum Gasteiger partial charge on any atom is -0.369 e. The lowest BCUT2D eigenvalue weighted by molar-refractivity contribution is -0.138. The molecule has 2 heterocycles. The summed E-state index contributed by atoms with van der Waals surface area (Å²) >= 11 is 0. The molecule has 1 amide bonds. The zero-order valence-electron chi connectivity index (χ0n) is 16.5. The van der Waals surface area contributed by atoms with Gasteiger partial charge in [0, 0.05) is 51.0 Å². The smallest absolute Gasteiger partial charge is 0.369 e. The third-order valence-corrected chi connectivity index (χ3v) is 5.60. The van der Waals surface area contributed by atoms with Gasteiger partial charge in [0.05, 0.1) is 11.1 Å². The maximum atomic E-state index is 13.0. The highest BCUT2D eigenvalue weighted by Gasteiger charge is 2.35. The summed E-state index contributed by atoms with van der Waals surface area (Å²) in [7, 11) is 0. The van der Waals surface area contributed by atoms with Crippen molar-refractivity contribution in [1.82, 2.24) is 9.80 Å². The van der Waals surface area contributed by atoms with Crippen LogP contribution in [0.25, 0.3) is 0 Å². The number of amides is 1. The Morgan fingerprint density at radius 2 is 1.79 bits per heavy atom. The Bertz CT molecular complexity index is 693. The largest absolute Gasteiger partial charge is 0.416 e. The molecule has 28 heavy (non-hydrogen) atoms. The molecule has 0 saturated carbocycles. The highest BCUT2D eigenvalue weighted by Crippen LogP contribution is 2.32. The Hall–Kier alpha value is -1.80. The van der Waals surface area contributed by atoms with E-state index in [0.717, 1.165) is 38.5 Å². The van der Waals surface area contributed by atoms with E-state index in [1.807, 2.05) is 9.80 Å². The molecule has 0 bridgehead atoms. The molecule has 156 valence electrons. The van der Waals surface area contributed by atoms with Crippen LogP contribution in [0.2, 0.25) is 0 Å². The molecule has 2 saturated heterocycles. The monoisotopic (exact) mass is 398 g/mol. The van der Waals surface area contributed by atoms with E-state index in [-0.39, 0.29) is 11.9 Å². The Labute approximate surface area is 164 Å². The van der Waals surface area contributed by atoms with Gasteiger partial charge in [-0.25, -0.2) is 0 Å². The van der Waals surface area contributed by atoms with Crippen molar-refractivity contribution in [3.63, 3.8) is 0 Å². The topological polar surface area (TPSA) is 52.8 Å². The normalized spacial score (nSPS) is 22.4. The number of likely N-dealkylation sites (tertiary alicyclic amines) is 1. The van der Waals surface area contributed by atoms with Crippen molar-refractivity contribution in [2.24, 2.45) is 5.73 Å². The fraction of sp³-hybridized carbons (Fsp3) is 0.650. The highest BCUT2D eigenvalue weighted by atomic mass is 19.4. The van der Waals surface area contributed by atoms with E-state index < -0.39 is 17.3 Å². The number of piperidine rings is 1. The number of halogens is 3. The SMILES string of the molecule is CC(C)(N)C(=O)N1CCC[C@@H](N2CCN(c3cccc(C(F)(F)F)c3)CC2)C1. The van der Waals surface area contributed by atoms with Gasteiger partial charge in [-0.3, -0.25) is 9.69 Å². The van der Waals surface area contributed by atoms with Crippen molar-refractivity contribution in [3.8, 4) is 0 Å². The van der Waals surface area contributed by atoms with Crippen molar-refractivity contribution < 1.29 is 18.0 Å². The summed E-state index contributed by atoms with van der Waals surface area (Å²) in [4.78, 5) is 18.7. The number of alkyl halides is 3. The third kappa shape index (κ3) is 4.78. The minimum absolute atomic E-state index is 0.0280. The number of carbonyl (C=O) groups is 1. The molecule has 0 unspecified atom stereocenters. The van der Waals surface area contributed by atoms with Gasteiger partial charge in [-0.2, -0.15) is 13.2 Å². The number of hydrogen-bond acceptors (Lipinski definition) is 4. The van der Waals surface area contributed by atoms with Gasteiger partial charge in [0.25, 0.3) is 0 Å². The lowest BCUT2D eigenvalue weighted by Gasteiger charge is -2.44. The molecule has 5 nitrogen and oxygen atoms in total. The second kappa shape index (κ2) is 7.91. The summed E-state index contributed by atoms with van der Waals surface area (Å²) in [6, 6.07) is 5.80. The van der Waals surface area contributed by atoms with Crippen LogP contribution in [0, 0.1) is 0 Å². The summed E-state index contributed by atoms with van der Waals surface area (Å²) in [6.45, 7) is 7.76. The summed E-state index contributed by atoms with van der Waals surface area (Å²) in [5.74, 6) is -0.0280. The maximum absolute atomic E-state index is 13.0. The fourth-order valence-corrected chi connectivity index (χ4v) is 4.07. The van der Waals surface area contributed by atoms with E-state index >= 15 is 0 Å². The van der Waals surface area contributed by atoms with Gasteiger partial charge in [0.15, 0.2) is 0 Å². The zero-order valence-corrected chi connectivity index (χ0v) is 16.5. The number of nitrogens with two attached hydrogens (primary N) is 1. The molecular weight excluding hydrogens is 369 g/mol. The second-order valence-corrected chi connectivity index (χ2v) is 8.34. The predicted octanol–water partition coefficient (Wildman–Crippen LogP) is 2.56. The molecule has 3 rings (SSSR count). The number of nitrogens with zero attached hydrogens (tertiary/aromatic N) is 3. The zero-order chi connectivity index (χ0) is 20.5. The van der Waals surface area contributed by atoms with Crippen LogP contribution < -0.4 is 10.6 Å². The Morgan fingerprint density at radius 1 is 1.11 bits per heavy atom. The second-order valence-electron chi connectivity index (χ2n) is 8.34. The number of anilines is 1. The van der Waals surface area contributed by atoms with Crippen LogP contribution in [0.5, 0.6) is 0 Å². The number of piperazine rings is 1. The Kier molecular flexibility index (Phi) is 5.91. The molecule has 2 aliphatic rings. The number of carbonyl (C=O) groups excluding carboxylic acids is 1. The predicted molar refractivity (Wildman–Crippen MR) is 103 cm³/mol. The molecule has 2 fully saturated rings. The molecule has 1 aromatic carbocycles. The first-order valence-corrected chi connectivity index (χ1v) is 9.80. The Morgan fingerprint density at radius 3 is 2.39 bits per heavy atom. The van der Waals surface area contributed by atoms with Crippen LogP contribution in [0.3, 0.4) is 0 Å². The number of hydrogen-bond donors (Lipinski definition) is 1. The van der Waals surface area contributed by atoms with E-state index in [1.165, 1.54) is 12.1 Å². The summed E-state index contributed by atoms with van der Waals surface area (Å²) in [6.07, 6.45) is -2.36. The van der Waals surface area contributed by atoms with Crippen molar-refractivity contribution >= 4 is 11.6 Å². The van der Waals surface area contributed by atoms with Crippen molar-refractivity contribution in [2.75, 3.05) is 44.2 Å². The lowest BCUT2D eigenvalue weighted by atomic mass is 9.99. The van der Waals surface area contributed by atoms with Crippen LogP contribution in [0.15, 0.2) is 24.3 Å². The first-order chi connectivity index (χ1) is 13.1. The van der Waals surface area contributed by atoms with E-state index in [1.54, 1.807) is 19.9 Å². The third-order valence-electron chi connectivity index (χ3n) is 5.60. The van der Waals surface area contributed by atoms with Gasteiger partial charge < -0.3 is 15.5 Å². The minimum atomic E-state index is -4.33. The van der Waals surface area contributed by atoms with E-state index in [2.05, 4.69) is 4.90 Å². The summed E-state index contributed by atoms with van der Waals surface area (Å²) < 4.78 is 38.9. The lowest BCUT2D eigenvalue weighted by Crippen LogP contribution is -2.59. The van der Waals surface area contributed by atoms with Crippen molar-refractivity contribution in [3.05, 3.63) is 29.8 Å². The summed E-state index contributed by atoms with van der Waals surface area (Å²) in [5, 5.41) is 0. The number of benzene rings is 1. The molecule has 0 aliphatic carbocycles. The quantitative estimate of drug-likeness (QED) is 0.850. The molecule has 1 atom stereocenters. The molecule has 0 spiro atoms. The van der Waals surface area contributed by atoms with Crippen LogP contribution in [-0.2, 0) is 11.0 Å².